The zero-order valence-corrected chi connectivity index (χ0v) is 14.2. The quantitative estimate of drug-likeness (QED) is 0.910. The molecule has 2 aromatic rings. The smallest absolute Gasteiger partial charge is 0.323 e. The second-order valence-corrected chi connectivity index (χ2v) is 6.40. The summed E-state index contributed by atoms with van der Waals surface area (Å²) >= 11 is 0. The summed E-state index contributed by atoms with van der Waals surface area (Å²) in [4.78, 5) is 14.3. The van der Waals surface area contributed by atoms with Crippen molar-refractivity contribution in [2.75, 3.05) is 19.0 Å². The van der Waals surface area contributed by atoms with Crippen LogP contribution in [-0.2, 0) is 13.6 Å². The molecule has 1 aliphatic heterocycles. The van der Waals surface area contributed by atoms with Gasteiger partial charge in [0.1, 0.15) is 17.1 Å². The lowest BCUT2D eigenvalue weighted by Crippen LogP contribution is -2.44. The fourth-order valence-corrected chi connectivity index (χ4v) is 2.68. The fraction of sp³-hybridized carbons (Fsp3) is 0.438. The van der Waals surface area contributed by atoms with Crippen LogP contribution in [0.25, 0.3) is 0 Å². The van der Waals surface area contributed by atoms with Gasteiger partial charge in [0.15, 0.2) is 5.82 Å². The van der Waals surface area contributed by atoms with Crippen molar-refractivity contribution >= 4 is 11.8 Å². The maximum Gasteiger partial charge on any atom is 0.323 e. The van der Waals surface area contributed by atoms with Crippen LogP contribution < -0.4 is 14.8 Å². The van der Waals surface area contributed by atoms with Gasteiger partial charge in [-0.2, -0.15) is 0 Å². The van der Waals surface area contributed by atoms with Crippen molar-refractivity contribution in [3.63, 3.8) is 0 Å². The van der Waals surface area contributed by atoms with Gasteiger partial charge in [-0.15, -0.1) is 5.10 Å². The minimum atomic E-state index is -0.530. The summed E-state index contributed by atoms with van der Waals surface area (Å²) in [5, 5.41) is 10.5. The van der Waals surface area contributed by atoms with Crippen LogP contribution in [0.5, 0.6) is 11.5 Å². The predicted molar refractivity (Wildman–Crippen MR) is 88.1 cm³/mol. The maximum absolute atomic E-state index is 12.6. The number of aryl methyl sites for hydroxylation is 1. The summed E-state index contributed by atoms with van der Waals surface area (Å²) in [5.74, 6) is 1.87. The fourth-order valence-electron chi connectivity index (χ4n) is 2.68. The van der Waals surface area contributed by atoms with Crippen LogP contribution >= 0.6 is 0 Å². The minimum absolute atomic E-state index is 0.240. The van der Waals surface area contributed by atoms with Crippen molar-refractivity contribution < 1.29 is 14.3 Å². The lowest BCUT2D eigenvalue weighted by Gasteiger charge is -2.29. The molecule has 0 aliphatic carbocycles. The molecule has 0 bridgehead atoms. The third-order valence-electron chi connectivity index (χ3n) is 3.72. The van der Waals surface area contributed by atoms with E-state index in [1.54, 1.807) is 25.3 Å². The first-order valence-electron chi connectivity index (χ1n) is 7.64. The molecule has 3 rings (SSSR count). The Morgan fingerprint density at radius 3 is 2.88 bits per heavy atom. The normalized spacial score (nSPS) is 15.9. The number of hydrogen-bond donors (Lipinski definition) is 1. The van der Waals surface area contributed by atoms with E-state index in [1.807, 2.05) is 32.0 Å². The molecule has 0 unspecified atom stereocenters. The zero-order valence-electron chi connectivity index (χ0n) is 14.2. The first-order chi connectivity index (χ1) is 11.4. The number of rotatable bonds is 2. The van der Waals surface area contributed by atoms with E-state index in [-0.39, 0.29) is 6.03 Å². The number of methoxy groups -OCH3 is 1. The molecule has 0 saturated carbocycles. The topological polar surface area (TPSA) is 81.5 Å². The summed E-state index contributed by atoms with van der Waals surface area (Å²) < 4.78 is 12.9. The molecule has 0 atom stereocenters. The van der Waals surface area contributed by atoms with E-state index in [1.165, 1.54) is 4.68 Å². The van der Waals surface area contributed by atoms with Crippen molar-refractivity contribution in [1.82, 2.24) is 19.9 Å². The van der Waals surface area contributed by atoms with E-state index in [0.29, 0.717) is 18.9 Å². The molecule has 2 heterocycles. The number of fused-ring (bicyclic) bond motifs is 1. The lowest BCUT2D eigenvalue weighted by atomic mass is 10.1. The van der Waals surface area contributed by atoms with Gasteiger partial charge in [0.05, 0.1) is 26.4 Å². The standard InChI is InChI=1S/C16H21N5O3/c1-16(2)10-21(15(22)17-14-9-20(3)19-18-14)8-11-5-6-12(23-4)7-13(11)24-16/h5-7,9H,8,10H2,1-4H3,(H,17,22). The van der Waals surface area contributed by atoms with Gasteiger partial charge in [0.25, 0.3) is 0 Å². The molecule has 8 heteroatoms. The Kier molecular flexibility index (Phi) is 4.04. The molecule has 2 amide bonds. The van der Waals surface area contributed by atoms with Gasteiger partial charge >= 0.3 is 6.03 Å². The number of hydrogen-bond acceptors (Lipinski definition) is 5. The molecule has 1 N–H and O–H groups in total. The molecular formula is C16H21N5O3. The number of nitrogens with one attached hydrogen (secondary N) is 1. The average Bonchev–Trinajstić information content (AvgIpc) is 2.85. The summed E-state index contributed by atoms with van der Waals surface area (Å²) in [6, 6.07) is 5.38. The summed E-state index contributed by atoms with van der Waals surface area (Å²) in [6.45, 7) is 4.78. The number of amides is 2. The van der Waals surface area contributed by atoms with Gasteiger partial charge in [0.2, 0.25) is 0 Å². The minimum Gasteiger partial charge on any atom is -0.497 e. The van der Waals surface area contributed by atoms with Crippen LogP contribution in [0.4, 0.5) is 10.6 Å². The number of ether oxygens (including phenoxy) is 2. The third-order valence-corrected chi connectivity index (χ3v) is 3.72. The average molecular weight is 331 g/mol. The highest BCUT2D eigenvalue weighted by Gasteiger charge is 2.32. The van der Waals surface area contributed by atoms with Crippen molar-refractivity contribution in [1.29, 1.82) is 0 Å². The van der Waals surface area contributed by atoms with Gasteiger partial charge in [0, 0.05) is 18.7 Å². The van der Waals surface area contributed by atoms with Crippen molar-refractivity contribution in [3.05, 3.63) is 30.0 Å². The van der Waals surface area contributed by atoms with Gasteiger partial charge in [-0.3, -0.25) is 10.00 Å². The highest BCUT2D eigenvalue weighted by atomic mass is 16.5. The molecule has 128 valence electrons. The van der Waals surface area contributed by atoms with E-state index in [4.69, 9.17) is 9.47 Å². The Hall–Kier alpha value is -2.77. The summed E-state index contributed by atoms with van der Waals surface area (Å²) in [7, 11) is 3.36. The van der Waals surface area contributed by atoms with Crippen LogP contribution in [0.2, 0.25) is 0 Å². The number of anilines is 1. The van der Waals surface area contributed by atoms with Crippen molar-refractivity contribution in [2.24, 2.45) is 7.05 Å². The van der Waals surface area contributed by atoms with E-state index in [0.717, 1.165) is 17.1 Å². The Bertz CT molecular complexity index is 756. The Balaban J connectivity index is 1.84. The second kappa shape index (κ2) is 6.03. The number of urea groups is 1. The molecule has 8 nitrogen and oxygen atoms in total. The van der Waals surface area contributed by atoms with Gasteiger partial charge < -0.3 is 14.4 Å². The van der Waals surface area contributed by atoms with Crippen molar-refractivity contribution in [2.45, 2.75) is 26.0 Å². The lowest BCUT2D eigenvalue weighted by molar-refractivity contribution is 0.0833. The molecule has 24 heavy (non-hydrogen) atoms. The van der Waals surface area contributed by atoms with Crippen LogP contribution in [0.3, 0.4) is 0 Å². The highest BCUT2D eigenvalue weighted by Crippen LogP contribution is 2.32. The number of aromatic nitrogens is 3. The predicted octanol–water partition coefficient (Wildman–Crippen LogP) is 2.03. The molecule has 1 aromatic carbocycles. The Morgan fingerprint density at radius 1 is 1.42 bits per heavy atom. The summed E-state index contributed by atoms with van der Waals surface area (Å²) in [6.07, 6.45) is 1.65. The largest absolute Gasteiger partial charge is 0.497 e. The molecule has 1 aliphatic rings. The number of carbonyl (C=O) groups excluding carboxylic acids is 1. The van der Waals surface area contributed by atoms with E-state index in [2.05, 4.69) is 15.6 Å². The first kappa shape index (κ1) is 16.1. The third kappa shape index (κ3) is 3.42. The molecule has 0 radical (unpaired) electrons. The van der Waals surface area contributed by atoms with E-state index >= 15 is 0 Å². The number of benzene rings is 1. The first-order valence-corrected chi connectivity index (χ1v) is 7.64. The molecular weight excluding hydrogens is 310 g/mol. The SMILES string of the molecule is COc1ccc2c(c1)OC(C)(C)CN(C(=O)Nc1cn(C)nn1)C2. The van der Waals surface area contributed by atoms with Crippen molar-refractivity contribution in [3.8, 4) is 11.5 Å². The molecule has 0 saturated heterocycles. The molecule has 1 aromatic heterocycles. The molecule has 0 spiro atoms. The Morgan fingerprint density at radius 2 is 2.21 bits per heavy atom. The van der Waals surface area contributed by atoms with Crippen LogP contribution in [0.15, 0.2) is 24.4 Å². The molecule has 0 fully saturated rings. The Labute approximate surface area is 140 Å². The number of nitrogens with zero attached hydrogens (tertiary/aromatic N) is 4. The van der Waals surface area contributed by atoms with Crippen LogP contribution in [0, 0.1) is 0 Å². The van der Waals surface area contributed by atoms with Gasteiger partial charge in [-0.1, -0.05) is 5.21 Å². The highest BCUT2D eigenvalue weighted by molar-refractivity contribution is 5.88. The van der Waals surface area contributed by atoms with Gasteiger partial charge in [-0.05, 0) is 26.0 Å². The monoisotopic (exact) mass is 331 g/mol. The second-order valence-electron chi connectivity index (χ2n) is 6.40. The summed E-state index contributed by atoms with van der Waals surface area (Å²) in [5.41, 5.74) is 0.396. The maximum atomic E-state index is 12.6. The zero-order chi connectivity index (χ0) is 17.3. The van der Waals surface area contributed by atoms with Crippen LogP contribution in [-0.4, -0.2) is 45.2 Å². The number of carbonyl (C=O) groups is 1. The van der Waals surface area contributed by atoms with Gasteiger partial charge in [-0.25, -0.2) is 4.79 Å². The van der Waals surface area contributed by atoms with E-state index in [9.17, 15) is 4.79 Å². The van der Waals surface area contributed by atoms with E-state index < -0.39 is 5.60 Å². The van der Waals surface area contributed by atoms with Crippen LogP contribution in [0.1, 0.15) is 19.4 Å².